The first-order valence-corrected chi connectivity index (χ1v) is 4.01. The van der Waals surface area contributed by atoms with Crippen molar-refractivity contribution >= 4 is 7.69 Å². The van der Waals surface area contributed by atoms with E-state index >= 15 is 0 Å². The highest BCUT2D eigenvalue weighted by Gasteiger charge is 1.77. The molecule has 0 unspecified atom stereocenters. The molecule has 0 saturated heterocycles. The van der Waals surface area contributed by atoms with E-state index < -0.39 is 0 Å². The largest absolute Gasteiger partial charge is 0.435 e. The van der Waals surface area contributed by atoms with Crippen molar-refractivity contribution in [2.24, 2.45) is 0 Å². The summed E-state index contributed by atoms with van der Waals surface area (Å²) >= 11 is 0. The predicted octanol–water partition coefficient (Wildman–Crippen LogP) is 1.48. The molecule has 0 aliphatic carbocycles. The Bertz CT molecular complexity index is 36.6. The molecule has 0 fully saturated rings. The van der Waals surface area contributed by atoms with Gasteiger partial charge in [0.15, 0.2) is 0 Å². The summed E-state index contributed by atoms with van der Waals surface area (Å²) in [6, 6.07) is 0. The van der Waals surface area contributed by atoms with Crippen LogP contribution in [-0.4, -0.2) is 19.3 Å². The van der Waals surface area contributed by atoms with Crippen LogP contribution in [0.25, 0.3) is 0 Å². The first-order chi connectivity index (χ1) is 4.83. The van der Waals surface area contributed by atoms with E-state index in [4.69, 9.17) is 5.02 Å². The van der Waals surface area contributed by atoms with E-state index in [1.54, 1.807) is 0 Å². The summed E-state index contributed by atoms with van der Waals surface area (Å²) in [5.74, 6) is 0. The Labute approximate surface area is 64.9 Å². The summed E-state index contributed by atoms with van der Waals surface area (Å²) in [5.41, 5.74) is 0. The van der Waals surface area contributed by atoms with Gasteiger partial charge in [0.05, 0.1) is 0 Å². The third-order valence-corrected chi connectivity index (χ3v) is 0.940. The molecule has 2 nitrogen and oxygen atoms in total. The van der Waals surface area contributed by atoms with Crippen molar-refractivity contribution < 1.29 is 9.68 Å². The van der Waals surface area contributed by atoms with Gasteiger partial charge in [0, 0.05) is 6.61 Å². The first kappa shape index (κ1) is 12.6. The second-order valence-corrected chi connectivity index (χ2v) is 2.04. The summed E-state index contributed by atoms with van der Waals surface area (Å²) in [7, 11) is -0.145. The summed E-state index contributed by atoms with van der Waals surface area (Å²) in [4.78, 5) is 0. The van der Waals surface area contributed by atoms with Crippen molar-refractivity contribution in [3.05, 3.63) is 0 Å². The van der Waals surface area contributed by atoms with Gasteiger partial charge in [-0.15, -0.1) is 0 Å². The Morgan fingerprint density at radius 2 is 1.60 bits per heavy atom. The lowest BCUT2D eigenvalue weighted by Crippen LogP contribution is -1.96. The Kier molecular flexibility index (Phi) is 20.2. The lowest BCUT2D eigenvalue weighted by molar-refractivity contribution is 0.284. The van der Waals surface area contributed by atoms with Crippen LogP contribution in [0.2, 0.25) is 0 Å². The highest BCUT2D eigenvalue weighted by Crippen LogP contribution is 1.76. The Balaban J connectivity index is 0. The molecule has 0 heterocycles. The van der Waals surface area contributed by atoms with Gasteiger partial charge in [0.2, 0.25) is 0 Å². The van der Waals surface area contributed by atoms with Crippen molar-refractivity contribution in [1.82, 2.24) is 0 Å². The third kappa shape index (κ3) is 24.5. The molecule has 0 aliphatic rings. The minimum absolute atomic E-state index is 0.145. The highest BCUT2D eigenvalue weighted by molar-refractivity contribution is 6.15. The highest BCUT2D eigenvalue weighted by atomic mass is 16.5. The summed E-state index contributed by atoms with van der Waals surface area (Å²) < 4.78 is 4.54. The predicted molar refractivity (Wildman–Crippen MR) is 46.2 cm³/mol. The molecule has 0 radical (unpaired) electrons. The zero-order valence-corrected chi connectivity index (χ0v) is 7.39. The van der Waals surface area contributed by atoms with Gasteiger partial charge in [-0.1, -0.05) is 33.6 Å². The first-order valence-electron chi connectivity index (χ1n) is 4.01. The molecule has 1 N–H and O–H groups in total. The van der Waals surface area contributed by atoms with Gasteiger partial charge in [0.1, 0.15) is 0 Å². The maximum Gasteiger partial charge on any atom is 0.435 e. The van der Waals surface area contributed by atoms with Crippen LogP contribution in [0.1, 0.15) is 40.0 Å². The van der Waals surface area contributed by atoms with Crippen LogP contribution in [0, 0.1) is 0 Å². The quantitative estimate of drug-likeness (QED) is 0.480. The lowest BCUT2D eigenvalue weighted by Gasteiger charge is -1.89. The van der Waals surface area contributed by atoms with Crippen LogP contribution in [0.5, 0.6) is 0 Å². The SMILES string of the molecule is CCCC.CCCOBO. The molecule has 0 aromatic heterocycles. The molecule has 0 aliphatic heterocycles. The monoisotopic (exact) mass is 146 g/mol. The van der Waals surface area contributed by atoms with E-state index in [0.717, 1.165) is 6.42 Å². The van der Waals surface area contributed by atoms with E-state index in [2.05, 4.69) is 18.5 Å². The van der Waals surface area contributed by atoms with Crippen molar-refractivity contribution in [1.29, 1.82) is 0 Å². The maximum absolute atomic E-state index is 7.98. The van der Waals surface area contributed by atoms with Gasteiger partial charge in [-0.05, 0) is 6.42 Å². The van der Waals surface area contributed by atoms with Crippen LogP contribution in [0.15, 0.2) is 0 Å². The maximum atomic E-state index is 7.98. The van der Waals surface area contributed by atoms with Gasteiger partial charge in [-0.2, -0.15) is 0 Å². The fraction of sp³-hybridized carbons (Fsp3) is 1.00. The zero-order valence-electron chi connectivity index (χ0n) is 7.39. The molecule has 0 spiro atoms. The Morgan fingerprint density at radius 1 is 1.10 bits per heavy atom. The molecule has 10 heavy (non-hydrogen) atoms. The fourth-order valence-corrected chi connectivity index (χ4v) is 0.209. The average molecular weight is 146 g/mol. The zero-order chi connectivity index (χ0) is 8.24. The van der Waals surface area contributed by atoms with Gasteiger partial charge in [-0.3, -0.25) is 0 Å². The smallest absolute Gasteiger partial charge is 0.430 e. The van der Waals surface area contributed by atoms with Crippen molar-refractivity contribution in [2.45, 2.75) is 40.0 Å². The molecule has 0 bridgehead atoms. The number of unbranched alkanes of at least 4 members (excludes halogenated alkanes) is 1. The Morgan fingerprint density at radius 3 is 1.70 bits per heavy atom. The third-order valence-electron chi connectivity index (χ3n) is 0.940. The molecule has 0 saturated carbocycles. The molecule has 62 valence electrons. The molecule has 0 amide bonds. The van der Waals surface area contributed by atoms with Crippen LogP contribution in [-0.2, 0) is 4.65 Å². The van der Waals surface area contributed by atoms with Gasteiger partial charge in [0.25, 0.3) is 0 Å². The summed E-state index contributed by atoms with van der Waals surface area (Å²) in [6.45, 7) is 7.02. The van der Waals surface area contributed by atoms with Gasteiger partial charge in [-0.25, -0.2) is 0 Å². The summed E-state index contributed by atoms with van der Waals surface area (Å²) in [5, 5.41) is 7.98. The second kappa shape index (κ2) is 16.0. The second-order valence-electron chi connectivity index (χ2n) is 2.04. The van der Waals surface area contributed by atoms with Crippen LogP contribution in [0.3, 0.4) is 0 Å². The van der Waals surface area contributed by atoms with Crippen molar-refractivity contribution in [2.75, 3.05) is 6.61 Å². The number of hydrogen-bond acceptors (Lipinski definition) is 2. The van der Waals surface area contributed by atoms with E-state index in [-0.39, 0.29) is 7.69 Å². The van der Waals surface area contributed by atoms with E-state index in [1.165, 1.54) is 12.8 Å². The molecule has 0 aromatic carbocycles. The van der Waals surface area contributed by atoms with Crippen molar-refractivity contribution in [3.8, 4) is 0 Å². The van der Waals surface area contributed by atoms with Crippen LogP contribution < -0.4 is 0 Å². The fourth-order valence-electron chi connectivity index (χ4n) is 0.209. The van der Waals surface area contributed by atoms with Crippen LogP contribution >= 0.6 is 0 Å². The number of hydrogen-bond donors (Lipinski definition) is 1. The topological polar surface area (TPSA) is 29.5 Å². The molecular formula is C7H19BO2. The minimum Gasteiger partial charge on any atom is -0.430 e. The van der Waals surface area contributed by atoms with Crippen LogP contribution in [0.4, 0.5) is 0 Å². The minimum atomic E-state index is -0.145. The molecule has 3 heteroatoms. The van der Waals surface area contributed by atoms with E-state index in [0.29, 0.717) is 6.61 Å². The van der Waals surface area contributed by atoms with Crippen molar-refractivity contribution in [3.63, 3.8) is 0 Å². The Hall–Kier alpha value is -0.0151. The molecular weight excluding hydrogens is 127 g/mol. The molecule has 0 atom stereocenters. The van der Waals surface area contributed by atoms with E-state index in [9.17, 15) is 0 Å². The van der Waals surface area contributed by atoms with E-state index in [1.807, 2.05) is 6.92 Å². The number of rotatable bonds is 4. The summed E-state index contributed by atoms with van der Waals surface area (Å²) in [6.07, 6.45) is 3.61. The molecule has 0 aromatic rings. The normalized spacial score (nSPS) is 8.00. The molecule has 0 rings (SSSR count). The van der Waals surface area contributed by atoms with Gasteiger partial charge < -0.3 is 9.68 Å². The lowest BCUT2D eigenvalue weighted by atomic mass is 10.4. The standard InChI is InChI=1S/C4H10.C3H9BO2/c1-3-4-2;1-2-3-6-4-5/h3-4H2,1-2H3;4-5H,2-3H2,1H3. The average Bonchev–Trinajstić information content (AvgIpc) is 2.01. The van der Waals surface area contributed by atoms with Gasteiger partial charge >= 0.3 is 7.69 Å².